The summed E-state index contributed by atoms with van der Waals surface area (Å²) >= 11 is 6.14. The van der Waals surface area contributed by atoms with Crippen LogP contribution in [0, 0.1) is 6.92 Å². The maximum Gasteiger partial charge on any atom is 0.142 e. The number of rotatable bonds is 3. The first-order valence-corrected chi connectivity index (χ1v) is 10.5. The molecule has 4 atom stereocenters. The lowest BCUT2D eigenvalue weighted by Crippen LogP contribution is -2.44. The van der Waals surface area contributed by atoms with E-state index in [2.05, 4.69) is 66.5 Å². The summed E-state index contributed by atoms with van der Waals surface area (Å²) in [7, 11) is 2.27. The molecule has 2 saturated heterocycles. The van der Waals surface area contributed by atoms with Gasteiger partial charge in [0.2, 0.25) is 0 Å². The molecule has 0 spiro atoms. The zero-order valence-corrected chi connectivity index (χ0v) is 18.3. The van der Waals surface area contributed by atoms with E-state index in [0.717, 1.165) is 28.5 Å². The van der Waals surface area contributed by atoms with Crippen LogP contribution in [0.4, 0.5) is 0 Å². The largest absolute Gasteiger partial charge is 0.360 e. The second-order valence-electron chi connectivity index (χ2n) is 8.36. The van der Waals surface area contributed by atoms with Crippen LogP contribution in [0.15, 0.2) is 59.1 Å². The van der Waals surface area contributed by atoms with Crippen LogP contribution in [0.1, 0.15) is 48.0 Å². The Labute approximate surface area is 183 Å². The van der Waals surface area contributed by atoms with Crippen molar-refractivity contribution in [2.45, 2.75) is 50.1 Å². The van der Waals surface area contributed by atoms with Gasteiger partial charge in [-0.05, 0) is 56.8 Å². The fourth-order valence-electron chi connectivity index (χ4n) is 5.21. The van der Waals surface area contributed by atoms with Gasteiger partial charge >= 0.3 is 0 Å². The van der Waals surface area contributed by atoms with Crippen molar-refractivity contribution in [1.29, 1.82) is 0 Å². The van der Waals surface area contributed by atoms with Gasteiger partial charge in [0.1, 0.15) is 11.5 Å². The molecule has 152 valence electrons. The Morgan fingerprint density at radius 2 is 1.76 bits per heavy atom. The third-order valence-corrected chi connectivity index (χ3v) is 7.02. The third-order valence-electron chi connectivity index (χ3n) is 6.77. The summed E-state index contributed by atoms with van der Waals surface area (Å²) < 4.78 is 5.96. The minimum absolute atomic E-state index is 0. The van der Waals surface area contributed by atoms with Crippen LogP contribution in [0.3, 0.4) is 0 Å². The topological polar surface area (TPSA) is 29.3 Å². The van der Waals surface area contributed by atoms with Crippen molar-refractivity contribution >= 4 is 24.0 Å². The van der Waals surface area contributed by atoms with Gasteiger partial charge in [0.05, 0.1) is 0 Å². The number of fused-ring (bicyclic) bond motifs is 2. The maximum atomic E-state index is 6.14. The van der Waals surface area contributed by atoms with Crippen LogP contribution in [0.25, 0.3) is 11.3 Å². The first-order chi connectivity index (χ1) is 13.6. The molecule has 2 aromatic carbocycles. The summed E-state index contributed by atoms with van der Waals surface area (Å²) in [5, 5.41) is 5.22. The molecule has 29 heavy (non-hydrogen) atoms. The highest BCUT2D eigenvalue weighted by molar-refractivity contribution is 6.30. The molecule has 2 fully saturated rings. The molecule has 3 nitrogen and oxygen atoms in total. The van der Waals surface area contributed by atoms with Crippen molar-refractivity contribution in [3.05, 3.63) is 76.5 Å². The first-order valence-electron chi connectivity index (χ1n) is 10.1. The van der Waals surface area contributed by atoms with Gasteiger partial charge < -0.3 is 4.52 Å². The summed E-state index contributed by atoms with van der Waals surface area (Å²) in [6, 6.07) is 20.2. The minimum Gasteiger partial charge on any atom is -0.360 e. The van der Waals surface area contributed by atoms with E-state index in [4.69, 9.17) is 16.1 Å². The summed E-state index contributed by atoms with van der Waals surface area (Å²) in [6.07, 6.45) is 3.64. The average molecular weight is 429 g/mol. The highest BCUT2D eigenvalue weighted by atomic mass is 35.5. The number of nitrogens with zero attached hydrogens (tertiary/aromatic N) is 2. The molecule has 0 amide bonds. The van der Waals surface area contributed by atoms with Crippen molar-refractivity contribution in [2.75, 3.05) is 7.05 Å². The van der Waals surface area contributed by atoms with Crippen molar-refractivity contribution in [3.63, 3.8) is 0 Å². The van der Waals surface area contributed by atoms with E-state index in [1.165, 1.54) is 24.0 Å². The Hall–Kier alpha value is -1.81. The van der Waals surface area contributed by atoms with E-state index in [0.29, 0.717) is 23.9 Å². The standard InChI is InChI=1S/C24H25ClN2O.ClH/c1-15-3-5-17(6-4-15)21-14-23(28-26-21)24-20(16-7-9-18(25)10-8-16)13-19-11-12-22(24)27(19)2;/h3-10,14,19-20,22,24H,11-13H2,1-2H3;1H/t19-,20-,22?,24+;/m1./s1. The molecule has 2 aliphatic heterocycles. The lowest BCUT2D eigenvalue weighted by atomic mass is 9.75. The SMILES string of the molecule is Cc1ccc(-c2cc([C@@H]3C4CC[C@H](C[C@@H]3c3ccc(Cl)cc3)N4C)on2)cc1.Cl. The minimum atomic E-state index is 0. The monoisotopic (exact) mass is 428 g/mol. The van der Waals surface area contributed by atoms with Crippen LogP contribution in [0.2, 0.25) is 5.02 Å². The second kappa shape index (κ2) is 8.14. The normalized spacial score (nSPS) is 26.3. The first kappa shape index (κ1) is 20.5. The molecule has 0 saturated carbocycles. The number of aromatic nitrogens is 1. The van der Waals surface area contributed by atoms with Crippen LogP contribution in [-0.4, -0.2) is 29.2 Å². The van der Waals surface area contributed by atoms with E-state index >= 15 is 0 Å². The van der Waals surface area contributed by atoms with E-state index in [9.17, 15) is 0 Å². The Morgan fingerprint density at radius 1 is 1.03 bits per heavy atom. The Balaban J connectivity index is 0.00000205. The van der Waals surface area contributed by atoms with Gasteiger partial charge in [0, 0.05) is 34.7 Å². The zero-order valence-electron chi connectivity index (χ0n) is 16.7. The molecule has 2 bridgehead atoms. The molecular weight excluding hydrogens is 403 g/mol. The van der Waals surface area contributed by atoms with Gasteiger partial charge in [0.15, 0.2) is 0 Å². The van der Waals surface area contributed by atoms with E-state index < -0.39 is 0 Å². The molecule has 0 aliphatic carbocycles. The number of benzene rings is 2. The summed E-state index contributed by atoms with van der Waals surface area (Å²) in [4.78, 5) is 2.56. The Morgan fingerprint density at radius 3 is 2.48 bits per heavy atom. The van der Waals surface area contributed by atoms with Gasteiger partial charge in [-0.2, -0.15) is 0 Å². The predicted molar refractivity (Wildman–Crippen MR) is 120 cm³/mol. The van der Waals surface area contributed by atoms with E-state index in [1.807, 2.05) is 12.1 Å². The van der Waals surface area contributed by atoms with Crippen molar-refractivity contribution < 1.29 is 4.52 Å². The maximum absolute atomic E-state index is 6.14. The molecule has 0 N–H and O–H groups in total. The molecule has 5 rings (SSSR count). The number of hydrogen-bond acceptors (Lipinski definition) is 3. The van der Waals surface area contributed by atoms with Crippen molar-refractivity contribution in [2.24, 2.45) is 0 Å². The van der Waals surface area contributed by atoms with Crippen LogP contribution in [-0.2, 0) is 0 Å². The van der Waals surface area contributed by atoms with Crippen LogP contribution >= 0.6 is 24.0 Å². The van der Waals surface area contributed by atoms with E-state index in [-0.39, 0.29) is 12.4 Å². The second-order valence-corrected chi connectivity index (χ2v) is 8.80. The van der Waals surface area contributed by atoms with Crippen LogP contribution in [0.5, 0.6) is 0 Å². The predicted octanol–water partition coefficient (Wildman–Crippen LogP) is 6.46. The molecule has 3 heterocycles. The van der Waals surface area contributed by atoms with Crippen molar-refractivity contribution in [3.8, 4) is 11.3 Å². The van der Waals surface area contributed by atoms with Gasteiger partial charge in [-0.3, -0.25) is 4.90 Å². The molecule has 5 heteroatoms. The van der Waals surface area contributed by atoms with E-state index in [1.54, 1.807) is 0 Å². The number of piperidine rings is 1. The summed E-state index contributed by atoms with van der Waals surface area (Å²) in [5.74, 6) is 1.76. The number of hydrogen-bond donors (Lipinski definition) is 0. The Bertz CT molecular complexity index is 967. The highest BCUT2D eigenvalue weighted by Gasteiger charge is 2.48. The van der Waals surface area contributed by atoms with Gasteiger partial charge in [0.25, 0.3) is 0 Å². The van der Waals surface area contributed by atoms with Crippen molar-refractivity contribution in [1.82, 2.24) is 10.1 Å². The molecule has 3 aromatic rings. The quantitative estimate of drug-likeness (QED) is 0.479. The molecule has 1 aromatic heterocycles. The molecule has 2 aliphatic rings. The molecular formula is C24H26Cl2N2O. The fraction of sp³-hybridized carbons (Fsp3) is 0.375. The molecule has 0 radical (unpaired) electrons. The summed E-state index contributed by atoms with van der Waals surface area (Å²) in [5.41, 5.74) is 4.64. The number of halogens is 2. The smallest absolute Gasteiger partial charge is 0.142 e. The van der Waals surface area contributed by atoms with Gasteiger partial charge in [-0.15, -0.1) is 12.4 Å². The zero-order chi connectivity index (χ0) is 19.3. The fourth-order valence-corrected chi connectivity index (χ4v) is 5.34. The number of likely N-dealkylation sites (N-methyl/N-ethyl adjacent to an activating group) is 1. The third kappa shape index (κ3) is 3.72. The number of aryl methyl sites for hydroxylation is 1. The lowest BCUT2D eigenvalue weighted by Gasteiger charge is -2.42. The highest BCUT2D eigenvalue weighted by Crippen LogP contribution is 2.51. The van der Waals surface area contributed by atoms with Crippen LogP contribution < -0.4 is 0 Å². The summed E-state index contributed by atoms with van der Waals surface area (Å²) in [6.45, 7) is 2.10. The molecule has 1 unspecified atom stereocenters. The van der Waals surface area contributed by atoms with Gasteiger partial charge in [-0.1, -0.05) is 58.7 Å². The lowest BCUT2D eigenvalue weighted by molar-refractivity contribution is 0.122. The Kier molecular flexibility index (Phi) is 5.74. The average Bonchev–Trinajstić information content (AvgIpc) is 3.26. The van der Waals surface area contributed by atoms with Gasteiger partial charge in [-0.25, -0.2) is 0 Å².